The van der Waals surface area contributed by atoms with Crippen molar-refractivity contribution < 1.29 is 0 Å². The van der Waals surface area contributed by atoms with Crippen LogP contribution in [0.2, 0.25) is 0 Å². The van der Waals surface area contributed by atoms with E-state index in [2.05, 4.69) is 108 Å². The van der Waals surface area contributed by atoms with Crippen molar-refractivity contribution in [1.82, 2.24) is 9.47 Å². The molecular weight excluding hydrogens is 340 g/mol. The molecular formula is C26H26N2. The number of benzene rings is 3. The summed E-state index contributed by atoms with van der Waals surface area (Å²) in [6.07, 6.45) is 0. The predicted molar refractivity (Wildman–Crippen MR) is 117 cm³/mol. The topological polar surface area (TPSA) is 8.17 Å². The van der Waals surface area contributed by atoms with E-state index in [9.17, 15) is 0 Å². The largest absolute Gasteiger partial charge is 0.339 e. The number of hydrogen-bond acceptors (Lipinski definition) is 1. The molecule has 0 spiro atoms. The zero-order valence-electron chi connectivity index (χ0n) is 16.5. The Hall–Kier alpha value is -2.84. The van der Waals surface area contributed by atoms with Gasteiger partial charge in [-0.05, 0) is 36.7 Å². The van der Waals surface area contributed by atoms with Crippen molar-refractivity contribution in [2.75, 3.05) is 7.05 Å². The SMILES string of the molecule is C[C@@H]1[C@H](c2ccccc2)c2c(c3ccccc3n2Cc2ccccc2)CN1C. The average molecular weight is 367 g/mol. The van der Waals surface area contributed by atoms with Crippen molar-refractivity contribution in [2.45, 2.75) is 32.0 Å². The van der Waals surface area contributed by atoms with Crippen LogP contribution in [0, 0.1) is 0 Å². The molecule has 2 heteroatoms. The molecule has 0 unspecified atom stereocenters. The first kappa shape index (κ1) is 17.3. The van der Waals surface area contributed by atoms with Crippen LogP contribution < -0.4 is 0 Å². The van der Waals surface area contributed by atoms with Crippen LogP contribution in [-0.4, -0.2) is 22.6 Å². The monoisotopic (exact) mass is 366 g/mol. The Balaban J connectivity index is 1.77. The van der Waals surface area contributed by atoms with Crippen molar-refractivity contribution >= 4 is 10.9 Å². The maximum Gasteiger partial charge on any atom is 0.0489 e. The summed E-state index contributed by atoms with van der Waals surface area (Å²) in [7, 11) is 2.26. The minimum absolute atomic E-state index is 0.367. The van der Waals surface area contributed by atoms with Crippen molar-refractivity contribution in [3.8, 4) is 0 Å². The van der Waals surface area contributed by atoms with E-state index in [-0.39, 0.29) is 0 Å². The third kappa shape index (κ3) is 2.76. The molecule has 0 amide bonds. The Labute approximate surface area is 167 Å². The maximum absolute atomic E-state index is 2.57. The van der Waals surface area contributed by atoms with E-state index < -0.39 is 0 Å². The second kappa shape index (κ2) is 6.96. The van der Waals surface area contributed by atoms with Gasteiger partial charge in [-0.25, -0.2) is 0 Å². The molecule has 0 bridgehead atoms. The first-order valence-corrected chi connectivity index (χ1v) is 10.1. The van der Waals surface area contributed by atoms with Gasteiger partial charge in [0.2, 0.25) is 0 Å². The van der Waals surface area contributed by atoms with Crippen LogP contribution in [0.5, 0.6) is 0 Å². The molecule has 0 radical (unpaired) electrons. The molecule has 2 atom stereocenters. The van der Waals surface area contributed by atoms with Gasteiger partial charge >= 0.3 is 0 Å². The molecule has 1 aromatic heterocycles. The quantitative estimate of drug-likeness (QED) is 0.454. The highest BCUT2D eigenvalue weighted by Crippen LogP contribution is 2.42. The van der Waals surface area contributed by atoms with Gasteiger partial charge in [0.05, 0.1) is 0 Å². The molecule has 2 nitrogen and oxygen atoms in total. The summed E-state index contributed by atoms with van der Waals surface area (Å²) in [5.74, 6) is 0.367. The molecule has 1 aliphatic heterocycles. The number of para-hydroxylation sites is 1. The molecule has 1 aliphatic rings. The molecule has 2 heterocycles. The molecule has 0 saturated carbocycles. The van der Waals surface area contributed by atoms with E-state index in [4.69, 9.17) is 0 Å². The fourth-order valence-electron chi connectivity index (χ4n) is 4.83. The molecule has 0 saturated heterocycles. The zero-order chi connectivity index (χ0) is 19.1. The smallest absolute Gasteiger partial charge is 0.0489 e. The first-order chi connectivity index (χ1) is 13.7. The van der Waals surface area contributed by atoms with Gasteiger partial charge in [0.1, 0.15) is 0 Å². The van der Waals surface area contributed by atoms with Gasteiger partial charge in [-0.15, -0.1) is 0 Å². The first-order valence-electron chi connectivity index (χ1n) is 10.1. The van der Waals surface area contributed by atoms with E-state index in [1.807, 2.05) is 0 Å². The number of fused-ring (bicyclic) bond motifs is 3. The number of hydrogen-bond donors (Lipinski definition) is 0. The number of likely N-dealkylation sites (N-methyl/N-ethyl adjacent to an activating group) is 1. The summed E-state index contributed by atoms with van der Waals surface area (Å²) in [6.45, 7) is 4.28. The Morgan fingerprint density at radius 1 is 0.821 bits per heavy atom. The Morgan fingerprint density at radius 3 is 2.21 bits per heavy atom. The molecule has 4 aromatic rings. The number of aromatic nitrogens is 1. The average Bonchev–Trinajstić information content (AvgIpc) is 3.04. The third-order valence-electron chi connectivity index (χ3n) is 6.34. The van der Waals surface area contributed by atoms with Crippen molar-refractivity contribution in [3.63, 3.8) is 0 Å². The summed E-state index contributed by atoms with van der Waals surface area (Å²) < 4.78 is 2.57. The molecule has 3 aromatic carbocycles. The molecule has 0 fully saturated rings. The van der Waals surface area contributed by atoms with E-state index >= 15 is 0 Å². The normalized spacial score (nSPS) is 19.6. The lowest BCUT2D eigenvalue weighted by Crippen LogP contribution is -2.40. The summed E-state index contributed by atoms with van der Waals surface area (Å²) in [6, 6.07) is 31.2. The lowest BCUT2D eigenvalue weighted by Gasteiger charge is -2.38. The van der Waals surface area contributed by atoms with Gasteiger partial charge in [-0.3, -0.25) is 4.90 Å². The Morgan fingerprint density at radius 2 is 1.46 bits per heavy atom. The third-order valence-corrected chi connectivity index (χ3v) is 6.34. The summed E-state index contributed by atoms with van der Waals surface area (Å²) in [5, 5.41) is 1.40. The molecule has 140 valence electrons. The van der Waals surface area contributed by atoms with Crippen molar-refractivity contribution in [3.05, 3.63) is 107 Å². The second-order valence-corrected chi connectivity index (χ2v) is 8.00. The highest BCUT2D eigenvalue weighted by molar-refractivity contribution is 5.86. The second-order valence-electron chi connectivity index (χ2n) is 8.00. The highest BCUT2D eigenvalue weighted by Gasteiger charge is 2.35. The van der Waals surface area contributed by atoms with E-state index in [1.54, 1.807) is 0 Å². The Bertz CT molecular complexity index is 1100. The van der Waals surface area contributed by atoms with Crippen LogP contribution in [0.3, 0.4) is 0 Å². The molecule has 0 aliphatic carbocycles. The molecule has 5 rings (SSSR count). The standard InChI is InChI=1S/C26H26N2/c1-19-25(21-13-7-4-8-14-21)26-23(18-27(19)2)22-15-9-10-16-24(22)28(26)17-20-11-5-3-6-12-20/h3-16,19,25H,17-18H2,1-2H3/t19-,25-/m1/s1. The summed E-state index contributed by atoms with van der Waals surface area (Å²) >= 11 is 0. The summed E-state index contributed by atoms with van der Waals surface area (Å²) in [4.78, 5) is 2.50. The lowest BCUT2D eigenvalue weighted by atomic mass is 9.83. The van der Waals surface area contributed by atoms with Crippen molar-refractivity contribution in [1.29, 1.82) is 0 Å². The molecule has 28 heavy (non-hydrogen) atoms. The van der Waals surface area contributed by atoms with Crippen LogP contribution in [-0.2, 0) is 13.1 Å². The van der Waals surface area contributed by atoms with Gasteiger partial charge in [0.25, 0.3) is 0 Å². The van der Waals surface area contributed by atoms with Crippen LogP contribution in [0.25, 0.3) is 10.9 Å². The van der Waals surface area contributed by atoms with Gasteiger partial charge in [-0.1, -0.05) is 78.9 Å². The van der Waals surface area contributed by atoms with Gasteiger partial charge in [-0.2, -0.15) is 0 Å². The van der Waals surface area contributed by atoms with Crippen LogP contribution in [0.4, 0.5) is 0 Å². The molecule has 0 N–H and O–H groups in total. The van der Waals surface area contributed by atoms with E-state index in [0.717, 1.165) is 13.1 Å². The maximum atomic E-state index is 2.57. The highest BCUT2D eigenvalue weighted by atomic mass is 15.2. The van der Waals surface area contributed by atoms with Crippen LogP contribution in [0.1, 0.15) is 35.2 Å². The summed E-state index contributed by atoms with van der Waals surface area (Å²) in [5.41, 5.74) is 7.08. The predicted octanol–water partition coefficient (Wildman–Crippen LogP) is 5.66. The minimum atomic E-state index is 0.367. The van der Waals surface area contributed by atoms with Crippen molar-refractivity contribution in [2.24, 2.45) is 0 Å². The van der Waals surface area contributed by atoms with Gasteiger partial charge in [0, 0.05) is 41.6 Å². The van der Waals surface area contributed by atoms with Gasteiger partial charge < -0.3 is 4.57 Å². The van der Waals surface area contributed by atoms with E-state index in [0.29, 0.717) is 12.0 Å². The van der Waals surface area contributed by atoms with Gasteiger partial charge in [0.15, 0.2) is 0 Å². The minimum Gasteiger partial charge on any atom is -0.339 e. The number of nitrogens with zero attached hydrogens (tertiary/aromatic N) is 2. The fourth-order valence-corrected chi connectivity index (χ4v) is 4.83. The lowest BCUT2D eigenvalue weighted by molar-refractivity contribution is 0.208. The van der Waals surface area contributed by atoms with E-state index in [1.165, 1.54) is 33.3 Å². The zero-order valence-corrected chi connectivity index (χ0v) is 16.5. The Kier molecular flexibility index (Phi) is 4.29. The fraction of sp³-hybridized carbons (Fsp3) is 0.231. The van der Waals surface area contributed by atoms with Crippen LogP contribution >= 0.6 is 0 Å². The van der Waals surface area contributed by atoms with Crippen LogP contribution in [0.15, 0.2) is 84.9 Å². The number of rotatable bonds is 3.